The number of nitrogens with zero attached hydrogens (tertiary/aromatic N) is 2. The number of aliphatic imine (C=N–C) groups is 1. The van der Waals surface area contributed by atoms with Gasteiger partial charge in [-0.05, 0) is 31.2 Å². The highest BCUT2D eigenvalue weighted by atomic mass is 32.1. The summed E-state index contributed by atoms with van der Waals surface area (Å²) in [6.45, 7) is 2.49. The second-order valence-electron chi connectivity index (χ2n) is 6.25. The maximum atomic E-state index is 12.8. The molecule has 4 heterocycles. The first-order chi connectivity index (χ1) is 11.6. The number of fused-ring (bicyclic) bond motifs is 3. The lowest BCUT2D eigenvalue weighted by atomic mass is 9.90. The Labute approximate surface area is 141 Å². The zero-order chi connectivity index (χ0) is 16.5. The number of carbonyl (C=O) groups excluding carboxylic acids is 1. The van der Waals surface area contributed by atoms with Crippen molar-refractivity contribution in [2.45, 2.75) is 18.9 Å². The molecule has 0 aliphatic carbocycles. The molecule has 0 bridgehead atoms. The SMILES string of the molecule is Cc1cc2c(s1)N=C1N(c3ccc4ccoc4c3)CCC1(O)C2=O. The van der Waals surface area contributed by atoms with Crippen LogP contribution in [0.5, 0.6) is 0 Å². The van der Waals surface area contributed by atoms with Crippen molar-refractivity contribution in [2.75, 3.05) is 11.4 Å². The van der Waals surface area contributed by atoms with Crippen molar-refractivity contribution in [2.24, 2.45) is 4.99 Å². The van der Waals surface area contributed by atoms with Crippen LogP contribution >= 0.6 is 11.3 Å². The van der Waals surface area contributed by atoms with E-state index in [2.05, 4.69) is 4.99 Å². The van der Waals surface area contributed by atoms with Crippen molar-refractivity contribution < 1.29 is 14.3 Å². The van der Waals surface area contributed by atoms with Crippen LogP contribution in [-0.2, 0) is 0 Å². The molecule has 1 saturated heterocycles. The minimum atomic E-state index is -1.53. The van der Waals surface area contributed by atoms with Crippen LogP contribution < -0.4 is 4.90 Å². The van der Waals surface area contributed by atoms with E-state index in [0.717, 1.165) is 21.5 Å². The molecule has 1 fully saturated rings. The molecule has 1 atom stereocenters. The predicted molar refractivity (Wildman–Crippen MR) is 93.6 cm³/mol. The summed E-state index contributed by atoms with van der Waals surface area (Å²) in [4.78, 5) is 20.4. The van der Waals surface area contributed by atoms with Gasteiger partial charge in [0.2, 0.25) is 5.78 Å². The summed E-state index contributed by atoms with van der Waals surface area (Å²) < 4.78 is 5.47. The Morgan fingerprint density at radius 2 is 2.21 bits per heavy atom. The summed E-state index contributed by atoms with van der Waals surface area (Å²) >= 11 is 1.48. The van der Waals surface area contributed by atoms with Crippen LogP contribution in [0.4, 0.5) is 10.7 Å². The minimum Gasteiger partial charge on any atom is -0.464 e. The molecule has 0 spiro atoms. The van der Waals surface area contributed by atoms with Crippen LogP contribution in [0.15, 0.2) is 46.0 Å². The number of furan rings is 1. The maximum Gasteiger partial charge on any atom is 0.205 e. The summed E-state index contributed by atoms with van der Waals surface area (Å²) in [6.07, 6.45) is 1.99. The second kappa shape index (κ2) is 4.55. The van der Waals surface area contributed by atoms with Crippen LogP contribution in [0, 0.1) is 6.92 Å². The monoisotopic (exact) mass is 338 g/mol. The predicted octanol–water partition coefficient (Wildman–Crippen LogP) is 3.67. The van der Waals surface area contributed by atoms with Gasteiger partial charge in [0.1, 0.15) is 10.6 Å². The van der Waals surface area contributed by atoms with Gasteiger partial charge in [-0.2, -0.15) is 0 Å². The van der Waals surface area contributed by atoms with Gasteiger partial charge in [0, 0.05) is 35.0 Å². The Balaban J connectivity index is 1.67. The van der Waals surface area contributed by atoms with Gasteiger partial charge in [0.25, 0.3) is 0 Å². The van der Waals surface area contributed by atoms with E-state index < -0.39 is 5.60 Å². The number of aryl methyl sites for hydroxylation is 1. The fourth-order valence-electron chi connectivity index (χ4n) is 3.51. The van der Waals surface area contributed by atoms with Crippen molar-refractivity contribution in [3.63, 3.8) is 0 Å². The Hall–Kier alpha value is -2.44. The molecule has 0 radical (unpaired) electrons. The van der Waals surface area contributed by atoms with Gasteiger partial charge >= 0.3 is 0 Å². The molecule has 2 aliphatic heterocycles. The van der Waals surface area contributed by atoms with Gasteiger partial charge in [-0.25, -0.2) is 4.99 Å². The Morgan fingerprint density at radius 3 is 3.08 bits per heavy atom. The van der Waals surface area contributed by atoms with E-state index in [-0.39, 0.29) is 5.78 Å². The lowest BCUT2D eigenvalue weighted by Crippen LogP contribution is -2.48. The molecule has 1 N–H and O–H groups in total. The molecule has 1 unspecified atom stereocenters. The van der Waals surface area contributed by atoms with Crippen LogP contribution in [0.2, 0.25) is 0 Å². The third-order valence-electron chi connectivity index (χ3n) is 4.74. The van der Waals surface area contributed by atoms with Gasteiger partial charge in [-0.3, -0.25) is 4.79 Å². The van der Waals surface area contributed by atoms with Crippen molar-refractivity contribution in [3.05, 3.63) is 47.0 Å². The zero-order valence-corrected chi connectivity index (χ0v) is 13.8. The number of Topliss-reactive ketones (excluding diaryl/α,β-unsaturated/α-hetero) is 1. The average molecular weight is 338 g/mol. The zero-order valence-electron chi connectivity index (χ0n) is 12.9. The molecule has 1 aromatic carbocycles. The number of aliphatic hydroxyl groups is 1. The first-order valence-electron chi connectivity index (χ1n) is 7.78. The molecular formula is C18H14N2O3S. The standard InChI is InChI=1S/C18H14N2O3S/c1-10-8-13-15(21)18(22)5-6-20(17(18)19-16(13)24-10)12-3-2-11-4-7-23-14(11)9-12/h2-4,7-9,22H,5-6H2,1H3. The summed E-state index contributed by atoms with van der Waals surface area (Å²) in [6, 6.07) is 9.58. The number of hydrogen-bond acceptors (Lipinski definition) is 6. The van der Waals surface area contributed by atoms with E-state index in [1.807, 2.05) is 42.2 Å². The van der Waals surface area contributed by atoms with E-state index in [0.29, 0.717) is 29.4 Å². The maximum absolute atomic E-state index is 12.8. The van der Waals surface area contributed by atoms with Crippen LogP contribution in [-0.4, -0.2) is 28.9 Å². The number of hydrogen-bond donors (Lipinski definition) is 1. The van der Waals surface area contributed by atoms with Gasteiger partial charge in [-0.1, -0.05) is 0 Å². The first kappa shape index (κ1) is 13.9. The Bertz CT molecular complexity index is 1030. The highest BCUT2D eigenvalue weighted by Crippen LogP contribution is 2.43. The minimum absolute atomic E-state index is 0.242. The number of carbonyl (C=O) groups is 1. The first-order valence-corrected chi connectivity index (χ1v) is 8.59. The van der Waals surface area contributed by atoms with E-state index in [1.54, 1.807) is 6.26 Å². The lowest BCUT2D eigenvalue weighted by Gasteiger charge is -2.28. The number of rotatable bonds is 1. The molecule has 24 heavy (non-hydrogen) atoms. The van der Waals surface area contributed by atoms with Crippen molar-refractivity contribution in [3.8, 4) is 0 Å². The molecule has 120 valence electrons. The summed E-state index contributed by atoms with van der Waals surface area (Å²) in [5, 5.41) is 12.7. The van der Waals surface area contributed by atoms with Gasteiger partial charge in [0.15, 0.2) is 11.4 Å². The second-order valence-corrected chi connectivity index (χ2v) is 7.48. The van der Waals surface area contributed by atoms with E-state index >= 15 is 0 Å². The normalized spacial score (nSPS) is 22.7. The molecule has 0 saturated carbocycles. The van der Waals surface area contributed by atoms with Crippen molar-refractivity contribution >= 4 is 44.6 Å². The number of thiophene rings is 1. The quantitative estimate of drug-likeness (QED) is 0.735. The number of benzene rings is 1. The van der Waals surface area contributed by atoms with Gasteiger partial charge in [0.05, 0.1) is 11.8 Å². The van der Waals surface area contributed by atoms with Crippen LogP contribution in [0.1, 0.15) is 21.7 Å². The topological polar surface area (TPSA) is 66.0 Å². The van der Waals surface area contributed by atoms with Crippen molar-refractivity contribution in [1.29, 1.82) is 0 Å². The number of amidine groups is 1. The molecule has 6 heteroatoms. The third-order valence-corrected chi connectivity index (χ3v) is 5.68. The largest absolute Gasteiger partial charge is 0.464 e. The van der Waals surface area contributed by atoms with Gasteiger partial charge < -0.3 is 14.4 Å². The fraction of sp³-hybridized carbons (Fsp3) is 0.222. The van der Waals surface area contributed by atoms with E-state index in [9.17, 15) is 9.90 Å². The van der Waals surface area contributed by atoms with Crippen LogP contribution in [0.3, 0.4) is 0 Å². The van der Waals surface area contributed by atoms with E-state index in [1.165, 1.54) is 11.3 Å². The fourth-order valence-corrected chi connectivity index (χ4v) is 4.39. The molecule has 3 aromatic rings. The molecule has 0 amide bonds. The van der Waals surface area contributed by atoms with Gasteiger partial charge in [-0.15, -0.1) is 11.3 Å². The number of anilines is 1. The molecule has 5 rings (SSSR count). The summed E-state index contributed by atoms with van der Waals surface area (Å²) in [7, 11) is 0. The lowest BCUT2D eigenvalue weighted by molar-refractivity contribution is 0.0603. The van der Waals surface area contributed by atoms with Crippen molar-refractivity contribution in [1.82, 2.24) is 0 Å². The number of ketones is 1. The summed E-state index contributed by atoms with van der Waals surface area (Å²) in [5.74, 6) is 0.182. The molecule has 5 nitrogen and oxygen atoms in total. The average Bonchev–Trinajstić information content (AvgIpc) is 3.25. The van der Waals surface area contributed by atoms with E-state index in [4.69, 9.17) is 4.42 Å². The van der Waals surface area contributed by atoms with Crippen LogP contribution in [0.25, 0.3) is 11.0 Å². The summed E-state index contributed by atoms with van der Waals surface area (Å²) in [5.41, 5.74) is 0.653. The Kier molecular flexibility index (Phi) is 2.65. The third kappa shape index (κ3) is 1.72. The Morgan fingerprint density at radius 1 is 1.33 bits per heavy atom. The molecular weight excluding hydrogens is 324 g/mol. The molecule has 2 aliphatic rings. The smallest absolute Gasteiger partial charge is 0.205 e. The highest BCUT2D eigenvalue weighted by molar-refractivity contribution is 7.16. The molecule has 2 aromatic heterocycles. The highest BCUT2D eigenvalue weighted by Gasteiger charge is 2.52.